The smallest absolute Gasteiger partial charge is 0.262 e. The Balaban J connectivity index is 1.72. The molecule has 3 N–H and O–H groups in total. The summed E-state index contributed by atoms with van der Waals surface area (Å²) in [5.41, 5.74) is 3.22. The molecular weight excluding hydrogens is 412 g/mol. The molecule has 6 nitrogen and oxygen atoms in total. The van der Waals surface area contributed by atoms with Crippen LogP contribution in [0.15, 0.2) is 102 Å². The molecule has 156 valence electrons. The van der Waals surface area contributed by atoms with Crippen LogP contribution in [0.25, 0.3) is 10.8 Å². The zero-order valence-electron chi connectivity index (χ0n) is 16.4. The molecule has 0 spiro atoms. The van der Waals surface area contributed by atoms with Crippen molar-refractivity contribution in [1.82, 2.24) is 5.48 Å². The number of fused-ring (bicyclic) bond motifs is 1. The lowest BCUT2D eigenvalue weighted by Gasteiger charge is -2.17. The van der Waals surface area contributed by atoms with Gasteiger partial charge in [-0.05, 0) is 34.7 Å². The maximum absolute atomic E-state index is 13.1. The summed E-state index contributed by atoms with van der Waals surface area (Å²) in [7, 11) is -3.87. The van der Waals surface area contributed by atoms with E-state index in [9.17, 15) is 18.4 Å². The number of benzene rings is 4. The Labute approximate surface area is 180 Å². The standard InChI is InChI=1S/C24H20N2O4S/c27-24(25-28)23(18-9-2-1-3-10-18)19-12-6-13-20(16-19)26-31(29,30)22-15-7-11-17-8-4-5-14-21(17)22/h1-16,23,26,28H,(H,25,27). The molecule has 0 saturated heterocycles. The Morgan fingerprint density at radius 3 is 2.19 bits per heavy atom. The third-order valence-corrected chi connectivity index (χ3v) is 6.46. The third kappa shape index (κ3) is 4.28. The second-order valence-electron chi connectivity index (χ2n) is 7.03. The average Bonchev–Trinajstić information content (AvgIpc) is 2.79. The van der Waals surface area contributed by atoms with Crippen LogP contribution in [0.2, 0.25) is 0 Å². The molecule has 0 aromatic heterocycles. The lowest BCUT2D eigenvalue weighted by atomic mass is 9.90. The first-order valence-corrected chi connectivity index (χ1v) is 11.1. The minimum absolute atomic E-state index is 0.170. The second kappa shape index (κ2) is 8.59. The zero-order valence-corrected chi connectivity index (χ0v) is 17.2. The van der Waals surface area contributed by atoms with Gasteiger partial charge in [0.25, 0.3) is 15.9 Å². The molecule has 1 unspecified atom stereocenters. The molecule has 4 aromatic rings. The van der Waals surface area contributed by atoms with Crippen molar-refractivity contribution in [3.8, 4) is 0 Å². The number of sulfonamides is 1. The number of carbonyl (C=O) groups is 1. The Kier molecular flexibility index (Phi) is 5.70. The van der Waals surface area contributed by atoms with Crippen molar-refractivity contribution in [2.24, 2.45) is 0 Å². The van der Waals surface area contributed by atoms with Crippen molar-refractivity contribution in [2.45, 2.75) is 10.8 Å². The molecule has 4 aromatic carbocycles. The van der Waals surface area contributed by atoms with Crippen LogP contribution in [-0.4, -0.2) is 19.5 Å². The number of amides is 1. The highest BCUT2D eigenvalue weighted by Gasteiger charge is 2.23. The minimum atomic E-state index is -3.87. The summed E-state index contributed by atoms with van der Waals surface area (Å²) >= 11 is 0. The summed E-state index contributed by atoms with van der Waals surface area (Å²) in [5.74, 6) is -1.41. The zero-order chi connectivity index (χ0) is 21.8. The van der Waals surface area contributed by atoms with Crippen LogP contribution in [0.4, 0.5) is 5.69 Å². The fraction of sp³-hybridized carbons (Fsp3) is 0.0417. The van der Waals surface area contributed by atoms with Crippen LogP contribution in [0, 0.1) is 0 Å². The van der Waals surface area contributed by atoms with Gasteiger partial charge >= 0.3 is 0 Å². The highest BCUT2D eigenvalue weighted by molar-refractivity contribution is 7.93. The fourth-order valence-electron chi connectivity index (χ4n) is 3.63. The highest BCUT2D eigenvalue weighted by Crippen LogP contribution is 2.29. The Morgan fingerprint density at radius 2 is 1.42 bits per heavy atom. The lowest BCUT2D eigenvalue weighted by Crippen LogP contribution is -2.27. The summed E-state index contributed by atoms with van der Waals surface area (Å²) in [5, 5.41) is 10.7. The summed E-state index contributed by atoms with van der Waals surface area (Å²) in [4.78, 5) is 12.5. The van der Waals surface area contributed by atoms with Gasteiger partial charge in [-0.1, -0.05) is 78.9 Å². The molecule has 7 heteroatoms. The lowest BCUT2D eigenvalue weighted by molar-refractivity contribution is -0.129. The largest absolute Gasteiger partial charge is 0.289 e. The van der Waals surface area contributed by atoms with Gasteiger partial charge in [-0.2, -0.15) is 0 Å². The topological polar surface area (TPSA) is 95.5 Å². The molecule has 0 bridgehead atoms. The number of nitrogens with one attached hydrogen (secondary N) is 2. The van der Waals surface area contributed by atoms with E-state index in [4.69, 9.17) is 0 Å². The van der Waals surface area contributed by atoms with Gasteiger partial charge in [-0.15, -0.1) is 0 Å². The number of anilines is 1. The molecule has 0 aliphatic heterocycles. The molecule has 1 amide bonds. The van der Waals surface area contributed by atoms with E-state index in [0.717, 1.165) is 5.39 Å². The van der Waals surface area contributed by atoms with Gasteiger partial charge in [-0.25, -0.2) is 13.9 Å². The molecular formula is C24H20N2O4S. The molecule has 4 rings (SSSR count). The van der Waals surface area contributed by atoms with Gasteiger partial charge in [0.15, 0.2) is 0 Å². The summed E-state index contributed by atoms with van der Waals surface area (Å²) in [6.07, 6.45) is 0. The SMILES string of the molecule is O=C(NO)C(c1ccccc1)c1cccc(NS(=O)(=O)c2cccc3ccccc23)c1. The quantitative estimate of drug-likeness (QED) is 0.313. The molecule has 0 fully saturated rings. The predicted molar refractivity (Wildman–Crippen MR) is 119 cm³/mol. The number of hydrogen-bond donors (Lipinski definition) is 3. The number of hydrogen-bond acceptors (Lipinski definition) is 4. The first kappa shape index (κ1) is 20.6. The maximum atomic E-state index is 13.1. The van der Waals surface area contributed by atoms with Crippen LogP contribution in [0.1, 0.15) is 17.0 Å². The average molecular weight is 433 g/mol. The second-order valence-corrected chi connectivity index (χ2v) is 8.68. The predicted octanol–water partition coefficient (Wildman–Crippen LogP) is 4.28. The minimum Gasteiger partial charge on any atom is -0.289 e. The molecule has 0 aliphatic carbocycles. The van der Waals surface area contributed by atoms with Gasteiger partial charge < -0.3 is 0 Å². The first-order chi connectivity index (χ1) is 15.0. The van der Waals surface area contributed by atoms with Crippen LogP contribution >= 0.6 is 0 Å². The van der Waals surface area contributed by atoms with Crippen molar-refractivity contribution in [3.05, 3.63) is 108 Å². The van der Waals surface area contributed by atoms with E-state index in [1.807, 2.05) is 24.3 Å². The van der Waals surface area contributed by atoms with E-state index >= 15 is 0 Å². The molecule has 0 aliphatic rings. The summed E-state index contributed by atoms with van der Waals surface area (Å²) < 4.78 is 28.9. The van der Waals surface area contributed by atoms with Crippen molar-refractivity contribution in [1.29, 1.82) is 0 Å². The van der Waals surface area contributed by atoms with Crippen LogP contribution < -0.4 is 10.2 Å². The monoisotopic (exact) mass is 432 g/mol. The number of carbonyl (C=O) groups excluding carboxylic acids is 1. The van der Waals surface area contributed by atoms with Gasteiger partial charge in [0.05, 0.1) is 10.8 Å². The summed E-state index contributed by atoms with van der Waals surface area (Å²) in [6, 6.07) is 27.9. The molecule has 1 atom stereocenters. The molecule has 0 radical (unpaired) electrons. The van der Waals surface area contributed by atoms with E-state index in [1.165, 1.54) is 0 Å². The first-order valence-electron chi connectivity index (χ1n) is 9.59. The Morgan fingerprint density at radius 1 is 0.774 bits per heavy atom. The third-order valence-electron chi connectivity index (χ3n) is 5.02. The van der Waals surface area contributed by atoms with Gasteiger partial charge in [0.2, 0.25) is 0 Å². The molecule has 0 heterocycles. The van der Waals surface area contributed by atoms with E-state index in [2.05, 4.69) is 4.72 Å². The maximum Gasteiger partial charge on any atom is 0.262 e. The van der Waals surface area contributed by atoms with Crippen LogP contribution in [0.3, 0.4) is 0 Å². The van der Waals surface area contributed by atoms with Gasteiger partial charge in [-0.3, -0.25) is 14.7 Å². The van der Waals surface area contributed by atoms with Crippen molar-refractivity contribution >= 4 is 32.4 Å². The van der Waals surface area contributed by atoms with Gasteiger partial charge in [0.1, 0.15) is 0 Å². The fourth-order valence-corrected chi connectivity index (χ4v) is 4.91. The molecule has 31 heavy (non-hydrogen) atoms. The normalized spacial score (nSPS) is 12.3. The number of rotatable bonds is 6. The van der Waals surface area contributed by atoms with Crippen LogP contribution in [-0.2, 0) is 14.8 Å². The van der Waals surface area contributed by atoms with E-state index in [0.29, 0.717) is 22.2 Å². The van der Waals surface area contributed by atoms with Crippen molar-refractivity contribution in [2.75, 3.05) is 4.72 Å². The summed E-state index contributed by atoms with van der Waals surface area (Å²) in [6.45, 7) is 0. The van der Waals surface area contributed by atoms with Crippen LogP contribution in [0.5, 0.6) is 0 Å². The Bertz CT molecular complexity index is 1330. The van der Waals surface area contributed by atoms with Crippen molar-refractivity contribution in [3.63, 3.8) is 0 Å². The van der Waals surface area contributed by atoms with Gasteiger partial charge in [0, 0.05) is 11.1 Å². The van der Waals surface area contributed by atoms with Crippen molar-refractivity contribution < 1.29 is 18.4 Å². The Hall–Kier alpha value is -3.68. The van der Waals surface area contributed by atoms with E-state index < -0.39 is 21.8 Å². The molecule has 0 saturated carbocycles. The van der Waals surface area contributed by atoms with E-state index in [-0.39, 0.29) is 4.90 Å². The highest BCUT2D eigenvalue weighted by atomic mass is 32.2. The number of hydroxylamine groups is 1. The van der Waals surface area contributed by atoms with E-state index in [1.54, 1.807) is 78.3 Å².